The summed E-state index contributed by atoms with van der Waals surface area (Å²) >= 11 is 0.784. The molecule has 0 aromatic carbocycles. The van der Waals surface area contributed by atoms with E-state index in [2.05, 4.69) is 10.3 Å². The van der Waals surface area contributed by atoms with Crippen molar-refractivity contribution in [3.05, 3.63) is 0 Å². The van der Waals surface area contributed by atoms with Crippen molar-refractivity contribution >= 4 is 16.9 Å². The number of nitrogens with one attached hydrogen (secondary N) is 1. The predicted molar refractivity (Wildman–Crippen MR) is 60.7 cm³/mol. The van der Waals surface area contributed by atoms with Gasteiger partial charge in [0.05, 0.1) is 19.3 Å². The van der Waals surface area contributed by atoms with E-state index in [4.69, 9.17) is 4.74 Å². The number of amidine groups is 1. The van der Waals surface area contributed by atoms with Gasteiger partial charge in [-0.2, -0.15) is 13.2 Å². The SMILES string of the molecule is OCC12OCC(O)C(O)C1NC(=NCC(F)(F)F)S2. The van der Waals surface area contributed by atoms with Crippen molar-refractivity contribution in [1.82, 2.24) is 5.32 Å². The maximum Gasteiger partial charge on any atom is 0.408 e. The van der Waals surface area contributed by atoms with Gasteiger partial charge in [0.2, 0.25) is 0 Å². The summed E-state index contributed by atoms with van der Waals surface area (Å²) in [6, 6.07) is -0.918. The Morgan fingerprint density at radius 2 is 2.16 bits per heavy atom. The molecule has 0 aliphatic carbocycles. The highest BCUT2D eigenvalue weighted by Crippen LogP contribution is 2.41. The molecule has 10 heteroatoms. The molecule has 4 unspecified atom stereocenters. The number of halogens is 3. The molecule has 4 atom stereocenters. The number of hydrogen-bond acceptors (Lipinski definition) is 6. The number of aliphatic hydroxyl groups excluding tert-OH is 3. The van der Waals surface area contributed by atoms with Crippen molar-refractivity contribution < 1.29 is 33.2 Å². The van der Waals surface area contributed by atoms with Gasteiger partial charge >= 0.3 is 6.18 Å². The monoisotopic (exact) mass is 302 g/mol. The van der Waals surface area contributed by atoms with Crippen molar-refractivity contribution in [1.29, 1.82) is 0 Å². The van der Waals surface area contributed by atoms with E-state index in [0.29, 0.717) is 0 Å². The van der Waals surface area contributed by atoms with Crippen LogP contribution in [0.2, 0.25) is 0 Å². The first-order valence-corrected chi connectivity index (χ1v) is 6.27. The van der Waals surface area contributed by atoms with Crippen LogP contribution < -0.4 is 5.32 Å². The molecule has 2 saturated heterocycles. The van der Waals surface area contributed by atoms with Crippen molar-refractivity contribution in [3.63, 3.8) is 0 Å². The second-order valence-corrected chi connectivity index (χ2v) is 5.58. The number of aliphatic imine (C=N–C) groups is 1. The summed E-state index contributed by atoms with van der Waals surface area (Å²) in [7, 11) is 0. The highest BCUT2D eigenvalue weighted by molar-refractivity contribution is 8.15. The third kappa shape index (κ3) is 2.97. The van der Waals surface area contributed by atoms with E-state index in [1.165, 1.54) is 0 Å². The number of fused-ring (bicyclic) bond motifs is 1. The molecule has 110 valence electrons. The highest BCUT2D eigenvalue weighted by Gasteiger charge is 2.56. The van der Waals surface area contributed by atoms with Crippen LogP contribution in [0.15, 0.2) is 4.99 Å². The average molecular weight is 302 g/mol. The minimum Gasteiger partial charge on any atom is -0.392 e. The van der Waals surface area contributed by atoms with Crippen LogP contribution in [0.5, 0.6) is 0 Å². The van der Waals surface area contributed by atoms with Gasteiger partial charge in [0, 0.05) is 0 Å². The zero-order valence-corrected chi connectivity index (χ0v) is 10.4. The molecule has 2 heterocycles. The third-order valence-corrected chi connectivity index (χ3v) is 4.17. The summed E-state index contributed by atoms with van der Waals surface area (Å²) in [6.07, 6.45) is -6.86. The number of hydrogen-bond donors (Lipinski definition) is 4. The van der Waals surface area contributed by atoms with Gasteiger partial charge in [-0.05, 0) is 11.8 Å². The Morgan fingerprint density at radius 1 is 1.47 bits per heavy atom. The van der Waals surface area contributed by atoms with Crippen molar-refractivity contribution in [2.24, 2.45) is 4.99 Å². The van der Waals surface area contributed by atoms with Gasteiger partial charge in [-0.25, -0.2) is 0 Å². The lowest BCUT2D eigenvalue weighted by molar-refractivity contribution is -0.159. The molecule has 0 spiro atoms. The first-order chi connectivity index (χ1) is 8.77. The molecular weight excluding hydrogens is 289 g/mol. The van der Waals surface area contributed by atoms with Crippen molar-refractivity contribution in [2.75, 3.05) is 19.8 Å². The van der Waals surface area contributed by atoms with Crippen LogP contribution in [-0.4, -0.2) is 69.6 Å². The lowest BCUT2D eigenvalue weighted by Crippen LogP contribution is -2.62. The number of thioether (sulfide) groups is 1. The minimum absolute atomic E-state index is 0.0791. The van der Waals surface area contributed by atoms with Crippen LogP contribution in [0.1, 0.15) is 0 Å². The number of aliphatic hydroxyl groups is 3. The normalized spacial score (nSPS) is 41.2. The fourth-order valence-corrected chi connectivity index (χ4v) is 3.09. The molecule has 0 amide bonds. The molecule has 0 radical (unpaired) electrons. The smallest absolute Gasteiger partial charge is 0.392 e. The number of ether oxygens (including phenoxy) is 1. The second kappa shape index (κ2) is 5.09. The van der Waals surface area contributed by atoms with Crippen LogP contribution in [0.4, 0.5) is 13.2 Å². The molecule has 4 N–H and O–H groups in total. The lowest BCUT2D eigenvalue weighted by Gasteiger charge is -2.40. The van der Waals surface area contributed by atoms with Gasteiger partial charge in [0.25, 0.3) is 0 Å². The largest absolute Gasteiger partial charge is 0.408 e. The van der Waals surface area contributed by atoms with Crippen LogP contribution >= 0.6 is 11.8 Å². The number of nitrogens with zero attached hydrogens (tertiary/aromatic N) is 1. The maximum atomic E-state index is 12.1. The maximum absolute atomic E-state index is 12.1. The molecule has 0 saturated carbocycles. The van der Waals surface area contributed by atoms with Crippen LogP contribution in [0.3, 0.4) is 0 Å². The molecule has 2 aliphatic rings. The summed E-state index contributed by atoms with van der Waals surface area (Å²) in [4.78, 5) is 2.01. The van der Waals surface area contributed by atoms with Crippen molar-refractivity contribution in [2.45, 2.75) is 29.4 Å². The molecule has 0 aromatic rings. The fourth-order valence-electron chi connectivity index (χ4n) is 1.93. The van der Waals surface area contributed by atoms with Gasteiger partial charge in [-0.1, -0.05) is 0 Å². The zero-order valence-electron chi connectivity index (χ0n) is 9.59. The number of rotatable bonds is 2. The molecule has 2 aliphatic heterocycles. The summed E-state index contributed by atoms with van der Waals surface area (Å²) < 4.78 is 41.5. The van der Waals surface area contributed by atoms with Gasteiger partial charge in [0.15, 0.2) is 10.1 Å². The zero-order chi connectivity index (χ0) is 14.3. The first-order valence-electron chi connectivity index (χ1n) is 5.45. The third-order valence-electron chi connectivity index (χ3n) is 2.88. The predicted octanol–water partition coefficient (Wildman–Crippen LogP) is -0.950. The Labute approximate surface area is 110 Å². The molecule has 2 rings (SSSR count). The highest BCUT2D eigenvalue weighted by atomic mass is 32.2. The molecule has 6 nitrogen and oxygen atoms in total. The molecule has 0 bridgehead atoms. The van der Waals surface area contributed by atoms with Crippen LogP contribution in [0.25, 0.3) is 0 Å². The molecular formula is C9H13F3N2O4S. The molecule has 0 aromatic heterocycles. The van der Waals surface area contributed by atoms with E-state index >= 15 is 0 Å². The molecule has 19 heavy (non-hydrogen) atoms. The Hall–Kier alpha value is -0.550. The van der Waals surface area contributed by atoms with E-state index < -0.39 is 42.5 Å². The number of alkyl halides is 3. The van der Waals surface area contributed by atoms with Crippen LogP contribution in [-0.2, 0) is 4.74 Å². The standard InChI is InChI=1S/C9H13F3N2O4S/c10-9(11,12)2-13-7-14-6-5(17)4(16)1-18-8(6,3-15)19-7/h4-6,15-17H,1-3H2,(H,13,14). The average Bonchev–Trinajstić information content (AvgIpc) is 2.71. The van der Waals surface area contributed by atoms with Gasteiger partial charge in [-0.3, -0.25) is 4.99 Å². The topological polar surface area (TPSA) is 94.3 Å². The van der Waals surface area contributed by atoms with E-state index in [1.54, 1.807) is 0 Å². The van der Waals surface area contributed by atoms with Crippen molar-refractivity contribution in [3.8, 4) is 0 Å². The summed E-state index contributed by atoms with van der Waals surface area (Å²) in [6.45, 7) is -2.10. The van der Waals surface area contributed by atoms with Gasteiger partial charge in [-0.15, -0.1) is 0 Å². The Morgan fingerprint density at radius 3 is 2.74 bits per heavy atom. The van der Waals surface area contributed by atoms with E-state index in [0.717, 1.165) is 11.8 Å². The quantitative estimate of drug-likeness (QED) is 0.525. The summed E-state index contributed by atoms with van der Waals surface area (Å²) in [5.41, 5.74) is 0. The van der Waals surface area contributed by atoms with Gasteiger partial charge < -0.3 is 25.4 Å². The summed E-state index contributed by atoms with van der Waals surface area (Å²) in [5.74, 6) is 0. The fraction of sp³-hybridized carbons (Fsp3) is 0.889. The van der Waals surface area contributed by atoms with E-state index in [9.17, 15) is 28.5 Å². The van der Waals surface area contributed by atoms with Gasteiger partial charge in [0.1, 0.15) is 18.8 Å². The Kier molecular flexibility index (Phi) is 3.98. The van der Waals surface area contributed by atoms with E-state index in [-0.39, 0.29) is 11.8 Å². The summed E-state index contributed by atoms with van der Waals surface area (Å²) in [5, 5.41) is 31.1. The van der Waals surface area contributed by atoms with E-state index in [1.807, 2.05) is 0 Å². The second-order valence-electron chi connectivity index (χ2n) is 4.30. The Bertz CT molecular complexity index is 381. The van der Waals surface area contributed by atoms with Crippen LogP contribution in [0, 0.1) is 0 Å². The first kappa shape index (κ1) is 14.9. The Balaban J connectivity index is 2.15. The molecule has 2 fully saturated rings. The lowest BCUT2D eigenvalue weighted by atomic mass is 9.97. The minimum atomic E-state index is -4.44.